The number of allylic oxidation sites excluding steroid dienone is 3. The average molecular weight is 245 g/mol. The van der Waals surface area contributed by atoms with Gasteiger partial charge in [-0.15, -0.1) is 0 Å². The highest BCUT2D eigenvalue weighted by Crippen LogP contribution is 2.45. The second-order valence-corrected chi connectivity index (χ2v) is 4.47. The summed E-state index contributed by atoms with van der Waals surface area (Å²) in [5, 5.41) is 2.94. The van der Waals surface area contributed by atoms with Crippen molar-refractivity contribution in [3.05, 3.63) is 60.0 Å². The van der Waals surface area contributed by atoms with Crippen LogP contribution in [0.4, 0.5) is 4.39 Å². The van der Waals surface area contributed by atoms with E-state index in [0.717, 1.165) is 18.4 Å². The molecule has 2 nitrogen and oxygen atoms in total. The smallest absolute Gasteiger partial charge is 0.244 e. The van der Waals surface area contributed by atoms with Crippen molar-refractivity contribution < 1.29 is 9.18 Å². The van der Waals surface area contributed by atoms with Gasteiger partial charge in [0.05, 0.1) is 5.54 Å². The molecule has 0 radical (unpaired) electrons. The van der Waals surface area contributed by atoms with Gasteiger partial charge in [-0.2, -0.15) is 0 Å². The molecule has 1 N–H and O–H groups in total. The molecule has 0 aromatic heterocycles. The van der Waals surface area contributed by atoms with Crippen LogP contribution in [0.1, 0.15) is 25.3 Å². The van der Waals surface area contributed by atoms with Crippen LogP contribution in [0.15, 0.2) is 48.6 Å². The van der Waals surface area contributed by atoms with Crippen molar-refractivity contribution >= 4 is 5.91 Å². The largest absolute Gasteiger partial charge is 0.343 e. The summed E-state index contributed by atoms with van der Waals surface area (Å²) >= 11 is 0. The van der Waals surface area contributed by atoms with E-state index in [-0.39, 0.29) is 17.3 Å². The summed E-state index contributed by atoms with van der Waals surface area (Å²) < 4.78 is 13.2. The van der Waals surface area contributed by atoms with Crippen molar-refractivity contribution in [2.24, 2.45) is 0 Å². The van der Waals surface area contributed by atoms with Crippen LogP contribution in [0.2, 0.25) is 0 Å². The van der Waals surface area contributed by atoms with Gasteiger partial charge in [0.25, 0.3) is 0 Å². The molecular formula is C15H16FNO. The molecule has 0 bridgehead atoms. The minimum absolute atomic E-state index is 0.144. The minimum Gasteiger partial charge on any atom is -0.343 e. The lowest BCUT2D eigenvalue weighted by Gasteiger charge is -2.16. The van der Waals surface area contributed by atoms with Crippen LogP contribution in [0.3, 0.4) is 0 Å². The Kier molecular flexibility index (Phi) is 3.60. The second kappa shape index (κ2) is 5.17. The van der Waals surface area contributed by atoms with Gasteiger partial charge in [-0.05, 0) is 37.5 Å². The zero-order valence-electron chi connectivity index (χ0n) is 10.3. The van der Waals surface area contributed by atoms with Gasteiger partial charge in [-0.3, -0.25) is 4.79 Å². The van der Waals surface area contributed by atoms with Gasteiger partial charge in [-0.1, -0.05) is 30.4 Å². The second-order valence-electron chi connectivity index (χ2n) is 4.47. The van der Waals surface area contributed by atoms with Crippen LogP contribution < -0.4 is 5.32 Å². The fourth-order valence-electron chi connectivity index (χ4n) is 1.93. The summed E-state index contributed by atoms with van der Waals surface area (Å²) in [6.45, 7) is 1.89. The number of hydrogen-bond donors (Lipinski definition) is 1. The van der Waals surface area contributed by atoms with Crippen LogP contribution >= 0.6 is 0 Å². The lowest BCUT2D eigenvalue weighted by Crippen LogP contribution is -2.33. The van der Waals surface area contributed by atoms with Crippen molar-refractivity contribution in [3.63, 3.8) is 0 Å². The quantitative estimate of drug-likeness (QED) is 0.641. The van der Waals surface area contributed by atoms with E-state index in [1.807, 2.05) is 19.1 Å². The Bertz CT molecular complexity index is 501. The number of carbonyl (C=O) groups excluding carboxylic acids is 1. The Hall–Kier alpha value is -1.90. The van der Waals surface area contributed by atoms with Crippen LogP contribution in [0.5, 0.6) is 0 Å². The summed E-state index contributed by atoms with van der Waals surface area (Å²) in [6, 6.07) is 6.43. The summed E-state index contributed by atoms with van der Waals surface area (Å²) in [4.78, 5) is 11.7. The first-order valence-corrected chi connectivity index (χ1v) is 6.04. The first-order valence-electron chi connectivity index (χ1n) is 6.04. The van der Waals surface area contributed by atoms with Gasteiger partial charge < -0.3 is 5.32 Å². The topological polar surface area (TPSA) is 29.1 Å². The fourth-order valence-corrected chi connectivity index (χ4v) is 1.93. The molecule has 0 atom stereocenters. The number of hydrogen-bond acceptors (Lipinski definition) is 1. The van der Waals surface area contributed by atoms with E-state index in [1.54, 1.807) is 18.2 Å². The number of halogens is 1. The van der Waals surface area contributed by atoms with E-state index in [2.05, 4.69) is 5.32 Å². The first-order chi connectivity index (χ1) is 8.66. The molecular weight excluding hydrogens is 229 g/mol. The number of benzene rings is 1. The van der Waals surface area contributed by atoms with Gasteiger partial charge >= 0.3 is 0 Å². The number of rotatable bonds is 4. The van der Waals surface area contributed by atoms with E-state index in [9.17, 15) is 9.18 Å². The fraction of sp³-hybridized carbons (Fsp3) is 0.267. The minimum atomic E-state index is -0.362. The van der Waals surface area contributed by atoms with Crippen molar-refractivity contribution in [1.82, 2.24) is 5.32 Å². The summed E-state index contributed by atoms with van der Waals surface area (Å²) in [7, 11) is 0. The highest BCUT2D eigenvalue weighted by atomic mass is 19.1. The standard InChI is InChI=1S/C15H16FNO/c1-2-3-4-8-14(18)17-15(9-10-15)12-6-5-7-13(16)11-12/h2-8,11H,9-10H2,1H3,(H,17,18)/b3-2+,8-4+. The molecule has 1 amide bonds. The molecule has 3 heteroatoms. The van der Waals surface area contributed by atoms with Crippen molar-refractivity contribution in [3.8, 4) is 0 Å². The van der Waals surface area contributed by atoms with Gasteiger partial charge in [-0.25, -0.2) is 4.39 Å². The van der Waals surface area contributed by atoms with Crippen molar-refractivity contribution in [2.75, 3.05) is 0 Å². The molecule has 18 heavy (non-hydrogen) atoms. The molecule has 1 aliphatic rings. The van der Waals surface area contributed by atoms with Crippen LogP contribution in [-0.4, -0.2) is 5.91 Å². The normalized spacial score (nSPS) is 17.2. The Morgan fingerprint density at radius 2 is 2.17 bits per heavy atom. The van der Waals surface area contributed by atoms with E-state index >= 15 is 0 Å². The molecule has 1 aromatic rings. The molecule has 1 aliphatic carbocycles. The van der Waals surface area contributed by atoms with E-state index in [0.29, 0.717) is 0 Å². The molecule has 0 aliphatic heterocycles. The average Bonchev–Trinajstić information content (AvgIpc) is 3.10. The summed E-state index contributed by atoms with van der Waals surface area (Å²) in [5.74, 6) is -0.410. The van der Waals surface area contributed by atoms with Gasteiger partial charge in [0.1, 0.15) is 5.82 Å². The zero-order chi connectivity index (χ0) is 13.0. The Balaban J connectivity index is 2.07. The van der Waals surface area contributed by atoms with Crippen molar-refractivity contribution in [2.45, 2.75) is 25.3 Å². The molecule has 0 unspecified atom stereocenters. The Morgan fingerprint density at radius 3 is 2.78 bits per heavy atom. The molecule has 0 heterocycles. The third-order valence-electron chi connectivity index (χ3n) is 3.04. The monoisotopic (exact) mass is 245 g/mol. The molecule has 0 spiro atoms. The molecule has 1 saturated carbocycles. The third kappa shape index (κ3) is 2.86. The Labute approximate surface area is 106 Å². The molecule has 2 rings (SSSR count). The predicted octanol–water partition coefficient (Wildman–Crippen LogP) is 3.06. The Morgan fingerprint density at radius 1 is 1.39 bits per heavy atom. The van der Waals surface area contributed by atoms with Crippen LogP contribution in [0.25, 0.3) is 0 Å². The predicted molar refractivity (Wildman–Crippen MR) is 69.4 cm³/mol. The van der Waals surface area contributed by atoms with Gasteiger partial charge in [0.2, 0.25) is 5.91 Å². The third-order valence-corrected chi connectivity index (χ3v) is 3.04. The zero-order valence-corrected chi connectivity index (χ0v) is 10.3. The number of nitrogens with one attached hydrogen (secondary N) is 1. The van der Waals surface area contributed by atoms with Crippen LogP contribution in [-0.2, 0) is 10.3 Å². The molecule has 0 saturated heterocycles. The molecule has 1 fully saturated rings. The van der Waals surface area contributed by atoms with Crippen molar-refractivity contribution in [1.29, 1.82) is 0 Å². The molecule has 1 aromatic carbocycles. The van der Waals surface area contributed by atoms with Gasteiger partial charge in [0, 0.05) is 6.08 Å². The maximum Gasteiger partial charge on any atom is 0.244 e. The lowest BCUT2D eigenvalue weighted by atomic mass is 10.0. The van der Waals surface area contributed by atoms with Gasteiger partial charge in [0.15, 0.2) is 0 Å². The van der Waals surface area contributed by atoms with E-state index < -0.39 is 0 Å². The molecule has 94 valence electrons. The summed E-state index contributed by atoms with van der Waals surface area (Å²) in [6.07, 6.45) is 8.54. The highest BCUT2D eigenvalue weighted by Gasteiger charge is 2.45. The van der Waals surface area contributed by atoms with E-state index in [4.69, 9.17) is 0 Å². The summed E-state index contributed by atoms with van der Waals surface area (Å²) in [5.41, 5.74) is 0.481. The van der Waals surface area contributed by atoms with Crippen LogP contribution in [0, 0.1) is 5.82 Å². The first kappa shape index (κ1) is 12.6. The number of carbonyl (C=O) groups is 1. The SMILES string of the molecule is C/C=C/C=C/C(=O)NC1(c2cccc(F)c2)CC1. The highest BCUT2D eigenvalue weighted by molar-refractivity contribution is 5.88. The maximum absolute atomic E-state index is 13.2. The lowest BCUT2D eigenvalue weighted by molar-refractivity contribution is -0.117. The maximum atomic E-state index is 13.2. The van der Waals surface area contributed by atoms with E-state index in [1.165, 1.54) is 18.2 Å². The number of amides is 1.